The van der Waals surface area contributed by atoms with E-state index in [4.69, 9.17) is 4.43 Å². The van der Waals surface area contributed by atoms with Gasteiger partial charge in [0.1, 0.15) is 5.75 Å². The smallest absolute Gasteiger partial charge is 0.265 e. The third kappa shape index (κ3) is 3.04. The largest absolute Gasteiger partial charge is 0.544 e. The number of benzene rings is 2. The van der Waals surface area contributed by atoms with Crippen LogP contribution in [-0.2, 0) is 10.4 Å². The number of hydrogen-bond acceptors (Lipinski definition) is 3. The van der Waals surface area contributed by atoms with E-state index >= 15 is 0 Å². The number of fused-ring (bicyclic) bond motifs is 1. The van der Waals surface area contributed by atoms with E-state index in [1.54, 1.807) is 24.3 Å². The molecule has 0 aliphatic carbocycles. The minimum absolute atomic E-state index is 0.00975. The van der Waals surface area contributed by atoms with Crippen LogP contribution in [0.2, 0.25) is 18.1 Å². The minimum atomic E-state index is -2.08. The fourth-order valence-electron chi connectivity index (χ4n) is 2.80. The number of amides is 1. The highest BCUT2D eigenvalue weighted by molar-refractivity contribution is 6.74. The molecule has 3 rings (SSSR count). The van der Waals surface area contributed by atoms with Gasteiger partial charge in [-0.3, -0.25) is 4.79 Å². The van der Waals surface area contributed by atoms with Gasteiger partial charge in [-0.2, -0.15) is 0 Å². The summed E-state index contributed by atoms with van der Waals surface area (Å²) in [5.41, 5.74) is -2.17. The normalized spacial score (nSPS) is 19.6. The van der Waals surface area contributed by atoms with E-state index in [1.165, 1.54) is 6.07 Å². The van der Waals surface area contributed by atoms with Crippen LogP contribution in [-0.4, -0.2) is 19.3 Å². The van der Waals surface area contributed by atoms with Crippen molar-refractivity contribution in [2.24, 2.45) is 0 Å². The Morgan fingerprint density at radius 2 is 1.67 bits per heavy atom. The zero-order valence-electron chi connectivity index (χ0n) is 16.0. The molecule has 1 heterocycles. The number of hydrogen-bond donors (Lipinski definition) is 2. The van der Waals surface area contributed by atoms with Crippen molar-refractivity contribution in [1.82, 2.24) is 0 Å². The van der Waals surface area contributed by atoms with E-state index in [1.807, 2.05) is 0 Å². The van der Waals surface area contributed by atoms with E-state index in [0.29, 0.717) is 5.75 Å². The number of aliphatic hydroxyl groups is 1. The zero-order valence-corrected chi connectivity index (χ0v) is 17.0. The summed E-state index contributed by atoms with van der Waals surface area (Å²) in [5.74, 6) is -2.45. The molecule has 1 aliphatic rings. The maximum atomic E-state index is 14.0. The van der Waals surface area contributed by atoms with Crippen LogP contribution in [0.25, 0.3) is 0 Å². The van der Waals surface area contributed by atoms with Crippen molar-refractivity contribution < 1.29 is 23.1 Å². The van der Waals surface area contributed by atoms with Gasteiger partial charge in [0, 0.05) is 5.56 Å². The van der Waals surface area contributed by atoms with Crippen LogP contribution in [0.4, 0.5) is 14.5 Å². The summed E-state index contributed by atoms with van der Waals surface area (Å²) >= 11 is 0. The number of halogens is 2. The zero-order chi connectivity index (χ0) is 20.2. The molecule has 1 aliphatic heterocycles. The molecule has 2 N–H and O–H groups in total. The standard InChI is InChI=1S/C20H23F2NO3Si/c1-19(2,3)27(4,5)26-13-8-6-12(7-9-13)20(25)14-10-11-15(21)16(22)17(14)23-18(20)24/h6-11,25H,1-5H3,(H,23,24). The summed E-state index contributed by atoms with van der Waals surface area (Å²) in [6.45, 7) is 10.6. The first kappa shape index (κ1) is 19.5. The summed E-state index contributed by atoms with van der Waals surface area (Å²) in [6, 6.07) is 8.61. The Hall–Kier alpha value is -2.25. The van der Waals surface area contributed by atoms with Gasteiger partial charge in [-0.1, -0.05) is 39.0 Å². The lowest BCUT2D eigenvalue weighted by Crippen LogP contribution is -2.43. The summed E-state index contributed by atoms with van der Waals surface area (Å²) in [7, 11) is -2.03. The van der Waals surface area contributed by atoms with Crippen molar-refractivity contribution in [3.05, 3.63) is 59.2 Å². The van der Waals surface area contributed by atoms with Crippen LogP contribution >= 0.6 is 0 Å². The van der Waals surface area contributed by atoms with Crippen molar-refractivity contribution in [3.63, 3.8) is 0 Å². The van der Waals surface area contributed by atoms with Gasteiger partial charge in [0.2, 0.25) is 8.32 Å². The van der Waals surface area contributed by atoms with Gasteiger partial charge in [0.05, 0.1) is 5.69 Å². The Kier molecular flexibility index (Phi) is 4.43. The van der Waals surface area contributed by atoms with Crippen molar-refractivity contribution in [2.75, 3.05) is 5.32 Å². The fraction of sp³-hybridized carbons (Fsp3) is 0.350. The van der Waals surface area contributed by atoms with Crippen LogP contribution in [0.1, 0.15) is 31.9 Å². The topological polar surface area (TPSA) is 58.6 Å². The molecule has 0 saturated heterocycles. The molecule has 0 radical (unpaired) electrons. The molecule has 1 atom stereocenters. The van der Waals surface area contributed by atoms with E-state index in [-0.39, 0.29) is 21.9 Å². The van der Waals surface area contributed by atoms with Crippen molar-refractivity contribution >= 4 is 19.9 Å². The molecule has 1 unspecified atom stereocenters. The van der Waals surface area contributed by atoms with E-state index < -0.39 is 31.5 Å². The van der Waals surface area contributed by atoms with E-state index in [9.17, 15) is 18.7 Å². The molecule has 4 nitrogen and oxygen atoms in total. The van der Waals surface area contributed by atoms with Gasteiger partial charge in [0.15, 0.2) is 17.2 Å². The molecule has 1 amide bonds. The Bertz CT molecular complexity index is 907. The molecule has 0 aromatic heterocycles. The first-order chi connectivity index (χ1) is 12.4. The number of rotatable bonds is 3. The summed E-state index contributed by atoms with van der Waals surface area (Å²) in [4.78, 5) is 12.4. The predicted octanol–water partition coefficient (Wildman–Crippen LogP) is 4.54. The van der Waals surface area contributed by atoms with Crippen LogP contribution in [0.15, 0.2) is 36.4 Å². The highest BCUT2D eigenvalue weighted by Crippen LogP contribution is 2.43. The highest BCUT2D eigenvalue weighted by Gasteiger charge is 2.48. The first-order valence-corrected chi connectivity index (χ1v) is 11.6. The molecule has 2 aromatic carbocycles. The number of carbonyl (C=O) groups excluding carboxylic acids is 1. The Morgan fingerprint density at radius 3 is 2.22 bits per heavy atom. The molecular formula is C20H23F2NO3Si. The molecule has 0 spiro atoms. The van der Waals surface area contributed by atoms with Gasteiger partial charge in [-0.25, -0.2) is 8.78 Å². The average Bonchev–Trinajstić information content (AvgIpc) is 2.83. The third-order valence-electron chi connectivity index (χ3n) is 5.50. The second-order valence-corrected chi connectivity index (χ2v) is 13.1. The number of carbonyl (C=O) groups is 1. The van der Waals surface area contributed by atoms with Gasteiger partial charge in [-0.15, -0.1) is 0 Å². The number of anilines is 1. The molecule has 7 heteroatoms. The van der Waals surface area contributed by atoms with Crippen molar-refractivity contribution in [2.45, 2.75) is 44.5 Å². The Morgan fingerprint density at radius 1 is 1.07 bits per heavy atom. The second kappa shape index (κ2) is 6.14. The van der Waals surface area contributed by atoms with Crippen LogP contribution in [0.5, 0.6) is 5.75 Å². The third-order valence-corrected chi connectivity index (χ3v) is 9.86. The van der Waals surface area contributed by atoms with Gasteiger partial charge in [-0.05, 0) is 41.9 Å². The fourth-order valence-corrected chi connectivity index (χ4v) is 3.83. The van der Waals surface area contributed by atoms with Crippen LogP contribution in [0, 0.1) is 11.6 Å². The number of nitrogens with one attached hydrogen (secondary N) is 1. The quantitative estimate of drug-likeness (QED) is 0.756. The summed E-state index contributed by atoms with van der Waals surface area (Å²) in [6.07, 6.45) is 0. The monoisotopic (exact) mass is 391 g/mol. The second-order valence-electron chi connectivity index (χ2n) is 8.34. The van der Waals surface area contributed by atoms with Gasteiger partial charge < -0.3 is 14.8 Å². The SMILES string of the molecule is CC(C)(C)[Si](C)(C)Oc1ccc(C2(O)C(=O)Nc3c2ccc(F)c3F)cc1. The lowest BCUT2D eigenvalue weighted by Gasteiger charge is -2.36. The predicted molar refractivity (Wildman–Crippen MR) is 102 cm³/mol. The summed E-state index contributed by atoms with van der Waals surface area (Å²) in [5, 5.41) is 13.3. The lowest BCUT2D eigenvalue weighted by atomic mass is 9.87. The molecule has 0 fully saturated rings. The van der Waals surface area contributed by atoms with Gasteiger partial charge in [0.25, 0.3) is 5.91 Å². The Balaban J connectivity index is 1.97. The minimum Gasteiger partial charge on any atom is -0.544 e. The average molecular weight is 391 g/mol. The maximum Gasteiger partial charge on any atom is 0.265 e. The molecule has 0 bridgehead atoms. The van der Waals surface area contributed by atoms with Crippen LogP contribution in [0.3, 0.4) is 0 Å². The van der Waals surface area contributed by atoms with E-state index in [0.717, 1.165) is 6.07 Å². The maximum absolute atomic E-state index is 14.0. The van der Waals surface area contributed by atoms with Crippen LogP contribution < -0.4 is 9.74 Å². The van der Waals surface area contributed by atoms with Crippen molar-refractivity contribution in [1.29, 1.82) is 0 Å². The molecule has 144 valence electrons. The van der Waals surface area contributed by atoms with Crippen molar-refractivity contribution in [3.8, 4) is 5.75 Å². The Labute approximate surface area is 158 Å². The van der Waals surface area contributed by atoms with E-state index in [2.05, 4.69) is 39.2 Å². The summed E-state index contributed by atoms with van der Waals surface area (Å²) < 4.78 is 33.6. The van der Waals surface area contributed by atoms with Gasteiger partial charge >= 0.3 is 0 Å². The lowest BCUT2D eigenvalue weighted by molar-refractivity contribution is -0.129. The molecule has 2 aromatic rings. The first-order valence-electron chi connectivity index (χ1n) is 8.70. The molecule has 0 saturated carbocycles. The highest BCUT2D eigenvalue weighted by atomic mass is 28.4. The molecular weight excluding hydrogens is 368 g/mol. The molecule has 27 heavy (non-hydrogen) atoms.